The maximum Gasteiger partial charge on any atom is 0.119 e. The van der Waals surface area contributed by atoms with E-state index in [0.717, 1.165) is 31.6 Å². The van der Waals surface area contributed by atoms with Crippen LogP contribution in [0.4, 0.5) is 0 Å². The van der Waals surface area contributed by atoms with Gasteiger partial charge in [0.2, 0.25) is 0 Å². The van der Waals surface area contributed by atoms with Crippen LogP contribution in [0.2, 0.25) is 0 Å². The minimum Gasteiger partial charge on any atom is -0.508 e. The van der Waals surface area contributed by atoms with E-state index in [0.29, 0.717) is 5.92 Å². The minimum absolute atomic E-state index is 0.0532. The molecule has 0 unspecified atom stereocenters. The predicted octanol–water partition coefficient (Wildman–Crippen LogP) is 1.52. The Bertz CT molecular complexity index is 341. The molecule has 1 aliphatic heterocycles. The summed E-state index contributed by atoms with van der Waals surface area (Å²) >= 11 is 0. The molecule has 0 amide bonds. The summed E-state index contributed by atoms with van der Waals surface area (Å²) in [5.74, 6) is 0.463. The molecule has 0 saturated carbocycles. The molecule has 1 saturated heterocycles. The Labute approximate surface area is 94.7 Å². The number of phenolic OH excluding ortho intramolecular Hbond substituents is 2. The molecule has 4 heteroatoms. The molecule has 2 rings (SSSR count). The molecule has 4 N–H and O–H groups in total. The van der Waals surface area contributed by atoms with E-state index in [-0.39, 0.29) is 17.5 Å². The van der Waals surface area contributed by atoms with Gasteiger partial charge in [0.25, 0.3) is 0 Å². The molecule has 88 valence electrons. The highest BCUT2D eigenvalue weighted by atomic mass is 16.5. The lowest BCUT2D eigenvalue weighted by Crippen LogP contribution is -2.27. The van der Waals surface area contributed by atoms with Gasteiger partial charge in [-0.25, -0.2) is 0 Å². The van der Waals surface area contributed by atoms with Gasteiger partial charge in [-0.15, -0.1) is 0 Å². The van der Waals surface area contributed by atoms with Crippen molar-refractivity contribution in [2.75, 3.05) is 13.2 Å². The molecule has 0 spiro atoms. The smallest absolute Gasteiger partial charge is 0.119 e. The average molecular weight is 223 g/mol. The molecule has 1 fully saturated rings. The zero-order valence-electron chi connectivity index (χ0n) is 9.10. The van der Waals surface area contributed by atoms with Gasteiger partial charge in [0.15, 0.2) is 0 Å². The molecule has 1 aromatic carbocycles. The van der Waals surface area contributed by atoms with Crippen molar-refractivity contribution in [3.63, 3.8) is 0 Å². The van der Waals surface area contributed by atoms with E-state index in [9.17, 15) is 10.2 Å². The molecule has 0 aliphatic carbocycles. The van der Waals surface area contributed by atoms with Crippen LogP contribution in [0.1, 0.15) is 24.4 Å². The summed E-state index contributed by atoms with van der Waals surface area (Å²) in [5.41, 5.74) is 6.91. The Balaban J connectivity index is 2.15. The number of nitrogens with two attached hydrogens (primary N) is 1. The van der Waals surface area contributed by atoms with Crippen molar-refractivity contribution in [2.24, 2.45) is 11.7 Å². The first-order valence-electron chi connectivity index (χ1n) is 5.53. The van der Waals surface area contributed by atoms with E-state index in [4.69, 9.17) is 10.5 Å². The monoisotopic (exact) mass is 223 g/mol. The largest absolute Gasteiger partial charge is 0.508 e. The molecule has 1 aliphatic rings. The van der Waals surface area contributed by atoms with Gasteiger partial charge in [0, 0.05) is 25.3 Å². The third kappa shape index (κ3) is 2.46. The Hall–Kier alpha value is -1.26. The molecule has 4 nitrogen and oxygen atoms in total. The van der Waals surface area contributed by atoms with Crippen molar-refractivity contribution in [3.05, 3.63) is 23.8 Å². The number of phenols is 2. The highest BCUT2D eigenvalue weighted by Crippen LogP contribution is 2.31. The third-order valence-corrected chi connectivity index (χ3v) is 3.08. The van der Waals surface area contributed by atoms with Crippen LogP contribution in [0.5, 0.6) is 11.5 Å². The summed E-state index contributed by atoms with van der Waals surface area (Å²) in [5, 5.41) is 18.8. The van der Waals surface area contributed by atoms with E-state index in [1.165, 1.54) is 6.07 Å². The van der Waals surface area contributed by atoms with E-state index in [1.807, 2.05) is 0 Å². The van der Waals surface area contributed by atoms with Crippen LogP contribution in [0, 0.1) is 5.92 Å². The topological polar surface area (TPSA) is 75.7 Å². The molecule has 1 heterocycles. The molecule has 16 heavy (non-hydrogen) atoms. The minimum atomic E-state index is -0.151. The number of rotatable bonds is 2. The van der Waals surface area contributed by atoms with Crippen molar-refractivity contribution in [1.29, 1.82) is 0 Å². The van der Waals surface area contributed by atoms with Crippen molar-refractivity contribution >= 4 is 0 Å². The van der Waals surface area contributed by atoms with E-state index in [2.05, 4.69) is 0 Å². The van der Waals surface area contributed by atoms with Gasteiger partial charge in [-0.1, -0.05) is 0 Å². The fourth-order valence-electron chi connectivity index (χ4n) is 2.16. The molecular weight excluding hydrogens is 206 g/mol. The second-order valence-electron chi connectivity index (χ2n) is 4.26. The molecule has 1 aromatic rings. The van der Waals surface area contributed by atoms with Gasteiger partial charge >= 0.3 is 0 Å². The molecular formula is C12H17NO3. The number of hydrogen-bond acceptors (Lipinski definition) is 4. The first kappa shape index (κ1) is 11.2. The predicted molar refractivity (Wildman–Crippen MR) is 60.2 cm³/mol. The maximum absolute atomic E-state index is 9.40. The van der Waals surface area contributed by atoms with Crippen LogP contribution in [-0.2, 0) is 4.74 Å². The van der Waals surface area contributed by atoms with Crippen molar-refractivity contribution in [1.82, 2.24) is 0 Å². The Kier molecular flexibility index (Phi) is 3.31. The van der Waals surface area contributed by atoms with Gasteiger partial charge in [-0.2, -0.15) is 0 Å². The van der Waals surface area contributed by atoms with Crippen molar-refractivity contribution < 1.29 is 14.9 Å². The SMILES string of the molecule is N[C@@H](c1cc(O)cc(O)c1)C1CCOCC1. The quantitative estimate of drug-likeness (QED) is 0.710. The number of benzene rings is 1. The molecule has 0 radical (unpaired) electrons. The lowest BCUT2D eigenvalue weighted by molar-refractivity contribution is 0.0583. The molecule has 0 aromatic heterocycles. The summed E-state index contributed by atoms with van der Waals surface area (Å²) in [6.07, 6.45) is 1.86. The van der Waals surface area contributed by atoms with Crippen molar-refractivity contribution in [3.8, 4) is 11.5 Å². The maximum atomic E-state index is 9.40. The fourth-order valence-corrected chi connectivity index (χ4v) is 2.16. The van der Waals surface area contributed by atoms with E-state index >= 15 is 0 Å². The van der Waals surface area contributed by atoms with Gasteiger partial charge in [-0.3, -0.25) is 0 Å². The molecule has 1 atom stereocenters. The van der Waals surface area contributed by atoms with Crippen LogP contribution in [0.25, 0.3) is 0 Å². The molecule has 0 bridgehead atoms. The van der Waals surface area contributed by atoms with Crippen LogP contribution in [0.15, 0.2) is 18.2 Å². The lowest BCUT2D eigenvalue weighted by Gasteiger charge is -2.28. The van der Waals surface area contributed by atoms with E-state index in [1.54, 1.807) is 12.1 Å². The lowest BCUT2D eigenvalue weighted by atomic mass is 9.87. The number of aromatic hydroxyl groups is 2. The fraction of sp³-hybridized carbons (Fsp3) is 0.500. The van der Waals surface area contributed by atoms with Crippen LogP contribution in [0.3, 0.4) is 0 Å². The Morgan fingerprint density at radius 3 is 2.25 bits per heavy atom. The number of hydrogen-bond donors (Lipinski definition) is 3. The third-order valence-electron chi connectivity index (χ3n) is 3.08. The van der Waals surface area contributed by atoms with Crippen molar-refractivity contribution in [2.45, 2.75) is 18.9 Å². The van der Waals surface area contributed by atoms with Crippen LogP contribution in [-0.4, -0.2) is 23.4 Å². The number of ether oxygens (including phenoxy) is 1. The summed E-state index contributed by atoms with van der Waals surface area (Å²) in [7, 11) is 0. The standard InChI is InChI=1S/C12H17NO3/c13-12(8-1-3-16-4-2-8)9-5-10(14)7-11(15)6-9/h5-8,12,14-15H,1-4,13H2/t12-/m1/s1. The second-order valence-corrected chi connectivity index (χ2v) is 4.26. The summed E-state index contributed by atoms with van der Waals surface area (Å²) in [4.78, 5) is 0. The normalized spacial score (nSPS) is 19.6. The Morgan fingerprint density at radius 2 is 1.69 bits per heavy atom. The zero-order chi connectivity index (χ0) is 11.5. The summed E-state index contributed by atoms with van der Waals surface area (Å²) in [6, 6.07) is 4.38. The Morgan fingerprint density at radius 1 is 1.12 bits per heavy atom. The van der Waals surface area contributed by atoms with Crippen LogP contribution < -0.4 is 5.73 Å². The van der Waals surface area contributed by atoms with E-state index < -0.39 is 0 Å². The van der Waals surface area contributed by atoms with Gasteiger partial charge < -0.3 is 20.7 Å². The highest BCUT2D eigenvalue weighted by Gasteiger charge is 2.22. The summed E-state index contributed by atoms with van der Waals surface area (Å²) in [6.45, 7) is 1.48. The van der Waals surface area contributed by atoms with Gasteiger partial charge in [0.05, 0.1) is 0 Å². The zero-order valence-corrected chi connectivity index (χ0v) is 9.10. The first-order valence-corrected chi connectivity index (χ1v) is 5.53. The highest BCUT2D eigenvalue weighted by molar-refractivity contribution is 5.38. The summed E-state index contributed by atoms with van der Waals surface area (Å²) < 4.78 is 5.28. The van der Waals surface area contributed by atoms with Gasteiger partial charge in [0.1, 0.15) is 11.5 Å². The second kappa shape index (κ2) is 4.72. The van der Waals surface area contributed by atoms with Crippen LogP contribution >= 0.6 is 0 Å². The first-order chi connectivity index (χ1) is 7.66. The average Bonchev–Trinajstić information content (AvgIpc) is 2.28. The van der Waals surface area contributed by atoms with Gasteiger partial charge in [-0.05, 0) is 36.5 Å².